The van der Waals surface area contributed by atoms with E-state index in [2.05, 4.69) is 21.7 Å². The molecule has 7 nitrogen and oxygen atoms in total. The van der Waals surface area contributed by atoms with Crippen LogP contribution < -0.4 is 10.6 Å². The molecule has 4 rings (SSSR count). The highest BCUT2D eigenvalue weighted by Crippen LogP contribution is 2.33. The normalized spacial score (nSPS) is 23.0. The van der Waals surface area contributed by atoms with Gasteiger partial charge in [0.2, 0.25) is 5.91 Å². The van der Waals surface area contributed by atoms with E-state index < -0.39 is 6.04 Å². The smallest absolute Gasteiger partial charge is 0.267 e. The van der Waals surface area contributed by atoms with E-state index in [0.717, 1.165) is 37.5 Å². The first-order chi connectivity index (χ1) is 13.5. The Hall–Kier alpha value is -3.01. The number of aromatic hydroxyl groups is 1. The van der Waals surface area contributed by atoms with Crippen LogP contribution in [0.15, 0.2) is 24.3 Å². The van der Waals surface area contributed by atoms with Crippen molar-refractivity contribution < 1.29 is 14.7 Å². The van der Waals surface area contributed by atoms with E-state index in [0.29, 0.717) is 17.6 Å². The Morgan fingerprint density at radius 2 is 1.96 bits per heavy atom. The van der Waals surface area contributed by atoms with Crippen molar-refractivity contribution in [3.8, 4) is 11.8 Å². The number of aromatic nitrogens is 1. The van der Waals surface area contributed by atoms with Gasteiger partial charge in [-0.3, -0.25) is 9.59 Å². The number of H-pyrrole nitrogens is 1. The fourth-order valence-electron chi connectivity index (χ4n) is 4.05. The fraction of sp³-hybridized carbons (Fsp3) is 0.476. The van der Waals surface area contributed by atoms with Crippen molar-refractivity contribution in [3.63, 3.8) is 0 Å². The summed E-state index contributed by atoms with van der Waals surface area (Å²) in [6.45, 7) is 0. The van der Waals surface area contributed by atoms with Crippen LogP contribution in [0.3, 0.4) is 0 Å². The summed E-state index contributed by atoms with van der Waals surface area (Å²) in [4.78, 5) is 28.5. The molecular formula is C21H24N4O3. The molecule has 2 fully saturated rings. The van der Waals surface area contributed by atoms with E-state index in [1.54, 1.807) is 24.3 Å². The van der Waals surface area contributed by atoms with E-state index in [1.807, 2.05) is 0 Å². The van der Waals surface area contributed by atoms with Crippen LogP contribution in [0.2, 0.25) is 0 Å². The second kappa shape index (κ2) is 7.55. The Balaban J connectivity index is 1.45. The molecule has 0 spiro atoms. The predicted octanol–water partition coefficient (Wildman–Crippen LogP) is 2.58. The summed E-state index contributed by atoms with van der Waals surface area (Å²) in [5, 5.41) is 25.6. The topological polar surface area (TPSA) is 118 Å². The number of rotatable bonds is 5. The van der Waals surface area contributed by atoms with Gasteiger partial charge >= 0.3 is 0 Å². The number of phenolic OH excluding ortho intramolecular Hbond substituents is 1. The van der Waals surface area contributed by atoms with Gasteiger partial charge in [0.15, 0.2) is 0 Å². The molecule has 2 aromatic rings. The third-order valence-electron chi connectivity index (χ3n) is 5.80. The molecule has 3 atom stereocenters. The number of carbonyl (C=O) groups excluding carboxylic acids is 2. The summed E-state index contributed by atoms with van der Waals surface area (Å²) in [5.74, 6) is -0.313. The third-order valence-corrected chi connectivity index (χ3v) is 5.80. The van der Waals surface area contributed by atoms with Crippen molar-refractivity contribution in [1.82, 2.24) is 15.6 Å². The molecule has 4 N–H and O–H groups in total. The molecule has 2 aliphatic carbocycles. The van der Waals surface area contributed by atoms with E-state index in [-0.39, 0.29) is 35.4 Å². The summed E-state index contributed by atoms with van der Waals surface area (Å²) in [6, 6.07) is 8.14. The molecule has 28 heavy (non-hydrogen) atoms. The van der Waals surface area contributed by atoms with Gasteiger partial charge in [0.1, 0.15) is 17.5 Å². The summed E-state index contributed by atoms with van der Waals surface area (Å²) in [7, 11) is 0. The molecule has 7 heteroatoms. The summed E-state index contributed by atoms with van der Waals surface area (Å²) in [5.41, 5.74) is 1.09. The maximum absolute atomic E-state index is 12.8. The Labute approximate surface area is 163 Å². The van der Waals surface area contributed by atoms with Crippen LogP contribution in [-0.4, -0.2) is 34.0 Å². The molecule has 146 valence electrons. The summed E-state index contributed by atoms with van der Waals surface area (Å²) in [6.07, 6.45) is 5.32. The number of nitrogens with zero attached hydrogens (tertiary/aromatic N) is 1. The highest BCUT2D eigenvalue weighted by atomic mass is 16.3. The standard InChI is InChI=1S/C21H24N4O3/c22-11-19(12-5-6-12)25-20(27)15-3-1-2-4-16(15)24-21(28)18-9-13-7-8-14(26)10-17(13)23-18/h7-10,12,15-16,19,23,26H,1-6H2,(H,24,28)(H,25,27)/t15-,16+,19-/m1/s1. The predicted molar refractivity (Wildman–Crippen MR) is 103 cm³/mol. The maximum atomic E-state index is 12.8. The van der Waals surface area contributed by atoms with Crippen LogP contribution in [0.4, 0.5) is 0 Å². The molecule has 1 aromatic carbocycles. The van der Waals surface area contributed by atoms with Crippen molar-refractivity contribution in [3.05, 3.63) is 30.0 Å². The number of carbonyl (C=O) groups is 2. The van der Waals surface area contributed by atoms with Crippen LogP contribution in [0.1, 0.15) is 49.0 Å². The molecule has 0 unspecified atom stereocenters. The van der Waals surface area contributed by atoms with Crippen molar-refractivity contribution >= 4 is 22.7 Å². The van der Waals surface area contributed by atoms with E-state index in [9.17, 15) is 20.0 Å². The van der Waals surface area contributed by atoms with Gasteiger partial charge in [-0.1, -0.05) is 12.8 Å². The first kappa shape index (κ1) is 18.4. The molecule has 2 saturated carbocycles. The van der Waals surface area contributed by atoms with Crippen LogP contribution in [0.25, 0.3) is 10.9 Å². The van der Waals surface area contributed by atoms with Gasteiger partial charge in [-0.05, 0) is 49.8 Å². The van der Waals surface area contributed by atoms with Gasteiger partial charge in [0.25, 0.3) is 5.91 Å². The van der Waals surface area contributed by atoms with Crippen LogP contribution in [0.5, 0.6) is 5.75 Å². The molecular weight excluding hydrogens is 356 g/mol. The second-order valence-electron chi connectivity index (χ2n) is 7.88. The first-order valence-electron chi connectivity index (χ1n) is 9.88. The minimum absolute atomic E-state index is 0.132. The number of fused-ring (bicyclic) bond motifs is 1. The van der Waals surface area contributed by atoms with Crippen molar-refractivity contribution in [2.75, 3.05) is 0 Å². The summed E-state index contributed by atoms with van der Waals surface area (Å²) >= 11 is 0. The number of nitrogens with one attached hydrogen (secondary N) is 3. The van der Waals surface area contributed by atoms with E-state index in [1.165, 1.54) is 0 Å². The maximum Gasteiger partial charge on any atom is 0.267 e. The minimum Gasteiger partial charge on any atom is -0.508 e. The Kier molecular flexibility index (Phi) is 4.95. The lowest BCUT2D eigenvalue weighted by atomic mass is 9.83. The van der Waals surface area contributed by atoms with Crippen molar-refractivity contribution in [2.45, 2.75) is 50.6 Å². The minimum atomic E-state index is -0.424. The average molecular weight is 380 g/mol. The Morgan fingerprint density at radius 3 is 2.71 bits per heavy atom. The lowest BCUT2D eigenvalue weighted by molar-refractivity contribution is -0.127. The molecule has 1 aromatic heterocycles. The van der Waals surface area contributed by atoms with Gasteiger partial charge in [-0.15, -0.1) is 0 Å². The molecule has 0 radical (unpaired) electrons. The largest absolute Gasteiger partial charge is 0.508 e. The van der Waals surface area contributed by atoms with E-state index >= 15 is 0 Å². The van der Waals surface area contributed by atoms with Gasteiger partial charge < -0.3 is 20.7 Å². The highest BCUT2D eigenvalue weighted by Gasteiger charge is 2.37. The first-order valence-corrected chi connectivity index (χ1v) is 9.88. The van der Waals surface area contributed by atoms with Crippen molar-refractivity contribution in [2.24, 2.45) is 11.8 Å². The molecule has 0 aliphatic heterocycles. The number of hydrogen-bond donors (Lipinski definition) is 4. The molecule has 2 aliphatic rings. The van der Waals surface area contributed by atoms with Crippen LogP contribution in [-0.2, 0) is 4.79 Å². The number of aromatic amines is 1. The quantitative estimate of drug-likeness (QED) is 0.637. The van der Waals surface area contributed by atoms with Crippen LogP contribution in [0, 0.1) is 23.2 Å². The lowest BCUT2D eigenvalue weighted by Crippen LogP contribution is -2.50. The number of hydrogen-bond acceptors (Lipinski definition) is 4. The second-order valence-corrected chi connectivity index (χ2v) is 7.88. The van der Waals surface area contributed by atoms with Gasteiger partial charge in [-0.25, -0.2) is 0 Å². The average Bonchev–Trinajstić information content (AvgIpc) is 3.45. The lowest BCUT2D eigenvalue weighted by Gasteiger charge is -2.31. The van der Waals surface area contributed by atoms with Crippen LogP contribution >= 0.6 is 0 Å². The Morgan fingerprint density at radius 1 is 1.18 bits per heavy atom. The van der Waals surface area contributed by atoms with E-state index in [4.69, 9.17) is 0 Å². The summed E-state index contributed by atoms with van der Waals surface area (Å²) < 4.78 is 0. The SMILES string of the molecule is N#C[C@@H](NC(=O)[C@@H]1CCCC[C@@H]1NC(=O)c1cc2ccc(O)cc2[nH]1)C1CC1. The molecule has 0 bridgehead atoms. The number of nitriles is 1. The zero-order chi connectivity index (χ0) is 19.7. The molecule has 2 amide bonds. The van der Waals surface area contributed by atoms with Gasteiger partial charge in [-0.2, -0.15) is 5.26 Å². The molecule has 1 heterocycles. The fourth-order valence-corrected chi connectivity index (χ4v) is 4.05. The number of phenols is 1. The molecule has 0 saturated heterocycles. The zero-order valence-corrected chi connectivity index (χ0v) is 15.6. The Bertz CT molecular complexity index is 941. The van der Waals surface area contributed by atoms with Gasteiger partial charge in [0.05, 0.1) is 12.0 Å². The van der Waals surface area contributed by atoms with Crippen molar-refractivity contribution in [1.29, 1.82) is 5.26 Å². The highest BCUT2D eigenvalue weighted by molar-refractivity contribution is 5.98. The third kappa shape index (κ3) is 3.81. The zero-order valence-electron chi connectivity index (χ0n) is 15.6. The number of amides is 2. The van der Waals surface area contributed by atoms with Gasteiger partial charge in [0, 0.05) is 23.0 Å². The monoisotopic (exact) mass is 380 g/mol. The number of benzene rings is 1.